The molecule has 1 aromatic rings. The lowest BCUT2D eigenvalue weighted by molar-refractivity contribution is 0.434. The molecular weight excluding hydrogens is 210 g/mol. The van der Waals surface area contributed by atoms with Gasteiger partial charge in [0.25, 0.3) is 0 Å². The van der Waals surface area contributed by atoms with Crippen molar-refractivity contribution in [3.63, 3.8) is 0 Å². The summed E-state index contributed by atoms with van der Waals surface area (Å²) in [7, 11) is 0. The minimum absolute atomic E-state index is 0.698. The summed E-state index contributed by atoms with van der Waals surface area (Å²) in [6.07, 6.45) is 8.62. The molecule has 1 saturated carbocycles. The Kier molecular flexibility index (Phi) is 4.60. The minimum atomic E-state index is 0.698. The van der Waals surface area contributed by atoms with Gasteiger partial charge in [-0.2, -0.15) is 5.10 Å². The molecule has 17 heavy (non-hydrogen) atoms. The van der Waals surface area contributed by atoms with E-state index in [0.29, 0.717) is 12.0 Å². The molecule has 1 aliphatic rings. The predicted molar refractivity (Wildman–Crippen MR) is 71.2 cm³/mol. The Bertz CT molecular complexity index is 332. The van der Waals surface area contributed by atoms with Gasteiger partial charge >= 0.3 is 0 Å². The highest BCUT2D eigenvalue weighted by Gasteiger charge is 2.23. The van der Waals surface area contributed by atoms with E-state index < -0.39 is 0 Å². The van der Waals surface area contributed by atoms with E-state index in [-0.39, 0.29) is 0 Å². The van der Waals surface area contributed by atoms with E-state index in [0.717, 1.165) is 13.1 Å². The fourth-order valence-corrected chi connectivity index (χ4v) is 3.06. The highest BCUT2D eigenvalue weighted by atomic mass is 15.3. The summed E-state index contributed by atoms with van der Waals surface area (Å²) in [5.74, 6) is 0.698. The summed E-state index contributed by atoms with van der Waals surface area (Å²) >= 11 is 0. The van der Waals surface area contributed by atoms with Crippen molar-refractivity contribution >= 4 is 0 Å². The number of aromatic nitrogens is 2. The van der Waals surface area contributed by atoms with Gasteiger partial charge in [0.2, 0.25) is 0 Å². The van der Waals surface area contributed by atoms with Crippen molar-refractivity contribution in [1.82, 2.24) is 15.1 Å². The van der Waals surface area contributed by atoms with Gasteiger partial charge in [-0.15, -0.1) is 0 Å². The molecule has 1 aromatic heterocycles. The van der Waals surface area contributed by atoms with Gasteiger partial charge in [0, 0.05) is 30.4 Å². The second kappa shape index (κ2) is 6.20. The topological polar surface area (TPSA) is 29.9 Å². The largest absolute Gasteiger partial charge is 0.314 e. The van der Waals surface area contributed by atoms with E-state index in [1.807, 2.05) is 6.20 Å². The van der Waals surface area contributed by atoms with E-state index in [1.54, 1.807) is 0 Å². The molecule has 0 saturated heterocycles. The normalized spacial score (nSPS) is 25.8. The average molecular weight is 235 g/mol. The molecule has 2 atom stereocenters. The van der Waals surface area contributed by atoms with Crippen LogP contribution in [0.5, 0.6) is 0 Å². The van der Waals surface area contributed by atoms with Gasteiger partial charge in [-0.25, -0.2) is 0 Å². The molecule has 0 radical (unpaired) electrons. The third-order valence-corrected chi connectivity index (χ3v) is 3.88. The molecule has 0 aromatic carbocycles. The van der Waals surface area contributed by atoms with Crippen LogP contribution in [0.4, 0.5) is 0 Å². The zero-order valence-corrected chi connectivity index (χ0v) is 11.2. The van der Waals surface area contributed by atoms with Crippen LogP contribution in [0.25, 0.3) is 0 Å². The first kappa shape index (κ1) is 12.6. The lowest BCUT2D eigenvalue weighted by Crippen LogP contribution is -2.29. The first-order chi connectivity index (χ1) is 8.35. The van der Waals surface area contributed by atoms with Gasteiger partial charge in [-0.1, -0.05) is 19.8 Å². The van der Waals surface area contributed by atoms with Crippen LogP contribution in [0, 0.1) is 0 Å². The number of hydrogen-bond acceptors (Lipinski definition) is 2. The van der Waals surface area contributed by atoms with E-state index in [9.17, 15) is 0 Å². The molecule has 0 amide bonds. The summed E-state index contributed by atoms with van der Waals surface area (Å²) in [5.41, 5.74) is 1.44. The Morgan fingerprint density at radius 1 is 1.35 bits per heavy atom. The van der Waals surface area contributed by atoms with E-state index in [4.69, 9.17) is 0 Å². The molecule has 2 rings (SSSR count). The van der Waals surface area contributed by atoms with Crippen LogP contribution in [-0.4, -0.2) is 22.4 Å². The number of nitrogens with one attached hydrogen (secondary N) is 1. The van der Waals surface area contributed by atoms with Gasteiger partial charge in [-0.3, -0.25) is 4.68 Å². The molecule has 1 N–H and O–H groups in total. The van der Waals surface area contributed by atoms with E-state index in [2.05, 4.69) is 35.0 Å². The Balaban J connectivity index is 2.08. The number of hydrogen-bond donors (Lipinski definition) is 1. The third kappa shape index (κ3) is 3.09. The molecule has 0 spiro atoms. The van der Waals surface area contributed by atoms with Crippen molar-refractivity contribution in [3.8, 4) is 0 Å². The number of rotatable bonds is 4. The van der Waals surface area contributed by atoms with Gasteiger partial charge in [0.05, 0.1) is 0 Å². The Morgan fingerprint density at radius 2 is 2.18 bits per heavy atom. The molecule has 1 heterocycles. The first-order valence-electron chi connectivity index (χ1n) is 7.10. The Labute approximate surface area is 105 Å². The lowest BCUT2D eigenvalue weighted by atomic mass is 9.94. The monoisotopic (exact) mass is 235 g/mol. The van der Waals surface area contributed by atoms with Crippen LogP contribution < -0.4 is 5.32 Å². The highest BCUT2D eigenvalue weighted by molar-refractivity contribution is 5.09. The van der Waals surface area contributed by atoms with Crippen molar-refractivity contribution in [2.75, 3.05) is 6.54 Å². The third-order valence-electron chi connectivity index (χ3n) is 3.88. The highest BCUT2D eigenvalue weighted by Crippen LogP contribution is 2.31. The molecule has 0 aliphatic heterocycles. The van der Waals surface area contributed by atoms with Crippen LogP contribution in [0.15, 0.2) is 12.3 Å². The first-order valence-corrected chi connectivity index (χ1v) is 7.10. The number of nitrogens with zero attached hydrogens (tertiary/aromatic N) is 2. The van der Waals surface area contributed by atoms with Crippen LogP contribution >= 0.6 is 0 Å². The summed E-state index contributed by atoms with van der Waals surface area (Å²) in [5, 5.41) is 8.03. The molecule has 1 fully saturated rings. The molecule has 96 valence electrons. The van der Waals surface area contributed by atoms with Crippen LogP contribution in [0.1, 0.15) is 57.6 Å². The van der Waals surface area contributed by atoms with Crippen molar-refractivity contribution in [2.24, 2.45) is 0 Å². The van der Waals surface area contributed by atoms with Crippen LogP contribution in [0.2, 0.25) is 0 Å². The zero-order valence-electron chi connectivity index (χ0n) is 11.2. The van der Waals surface area contributed by atoms with Gasteiger partial charge in [0.15, 0.2) is 0 Å². The summed E-state index contributed by atoms with van der Waals surface area (Å²) < 4.78 is 2.17. The fraction of sp³-hybridized carbons (Fsp3) is 0.786. The molecule has 2 unspecified atom stereocenters. The average Bonchev–Trinajstić information content (AvgIpc) is 2.70. The van der Waals surface area contributed by atoms with Crippen molar-refractivity contribution in [1.29, 1.82) is 0 Å². The molecular formula is C14H25N3. The second-order valence-electron chi connectivity index (χ2n) is 5.04. The fourth-order valence-electron chi connectivity index (χ4n) is 3.06. The predicted octanol–water partition coefficient (Wildman–Crippen LogP) is 2.93. The molecule has 3 nitrogen and oxygen atoms in total. The van der Waals surface area contributed by atoms with Crippen molar-refractivity contribution < 1.29 is 0 Å². The quantitative estimate of drug-likeness (QED) is 0.813. The maximum atomic E-state index is 4.41. The van der Waals surface area contributed by atoms with Gasteiger partial charge in [0.1, 0.15) is 0 Å². The summed E-state index contributed by atoms with van der Waals surface area (Å²) in [6, 6.07) is 2.91. The molecule has 1 aliphatic carbocycles. The lowest BCUT2D eigenvalue weighted by Gasteiger charge is -2.21. The van der Waals surface area contributed by atoms with Gasteiger partial charge < -0.3 is 5.32 Å². The van der Waals surface area contributed by atoms with Crippen molar-refractivity contribution in [3.05, 3.63) is 18.0 Å². The van der Waals surface area contributed by atoms with Crippen LogP contribution in [-0.2, 0) is 6.54 Å². The maximum Gasteiger partial charge on any atom is 0.0492 e. The van der Waals surface area contributed by atoms with E-state index >= 15 is 0 Å². The van der Waals surface area contributed by atoms with E-state index in [1.165, 1.54) is 37.8 Å². The maximum absolute atomic E-state index is 4.41. The number of aryl methyl sites for hydroxylation is 1. The van der Waals surface area contributed by atoms with Gasteiger partial charge in [-0.05, 0) is 38.8 Å². The Morgan fingerprint density at radius 3 is 2.94 bits per heavy atom. The van der Waals surface area contributed by atoms with Crippen molar-refractivity contribution in [2.45, 2.75) is 64.5 Å². The summed E-state index contributed by atoms with van der Waals surface area (Å²) in [4.78, 5) is 0. The smallest absolute Gasteiger partial charge is 0.0492 e. The molecule has 0 bridgehead atoms. The standard InChI is InChI=1S/C14H25N3/c1-3-15-13-8-6-5-7-12(11-13)14-9-10-16-17(14)4-2/h9-10,12-13,15H,3-8,11H2,1-2H3. The van der Waals surface area contributed by atoms with Crippen LogP contribution in [0.3, 0.4) is 0 Å². The zero-order chi connectivity index (χ0) is 12.1. The summed E-state index contributed by atoms with van der Waals surface area (Å²) in [6.45, 7) is 6.46. The molecule has 3 heteroatoms. The Hall–Kier alpha value is -0.830. The minimum Gasteiger partial charge on any atom is -0.314 e. The SMILES string of the molecule is CCNC1CCCCC(c2ccnn2CC)C1. The second-order valence-corrected chi connectivity index (χ2v) is 5.04.